The molecule has 1 aromatic heterocycles. The van der Waals surface area contributed by atoms with E-state index >= 15 is 0 Å². The predicted octanol–water partition coefficient (Wildman–Crippen LogP) is 7.34. The van der Waals surface area contributed by atoms with E-state index in [0.29, 0.717) is 11.8 Å². The zero-order valence-electron chi connectivity index (χ0n) is 23.8. The van der Waals surface area contributed by atoms with Gasteiger partial charge in [0.25, 0.3) is 0 Å². The van der Waals surface area contributed by atoms with Crippen molar-refractivity contribution in [2.45, 2.75) is 77.3 Å². The number of ether oxygens (including phenoxy) is 3. The summed E-state index contributed by atoms with van der Waals surface area (Å²) >= 11 is 3.59. The van der Waals surface area contributed by atoms with E-state index in [1.165, 1.54) is 0 Å². The molecule has 5 heterocycles. The number of nitrogens with one attached hydrogen (secondary N) is 1. The van der Waals surface area contributed by atoms with E-state index in [1.54, 1.807) is 6.21 Å². The van der Waals surface area contributed by atoms with Gasteiger partial charge in [0.15, 0.2) is 11.9 Å². The van der Waals surface area contributed by atoms with Crippen molar-refractivity contribution in [3.05, 3.63) is 64.3 Å². The van der Waals surface area contributed by atoms with Gasteiger partial charge in [0.2, 0.25) is 12.1 Å². The summed E-state index contributed by atoms with van der Waals surface area (Å²) in [7, 11) is 0. The minimum atomic E-state index is -0.796. The number of aromatic nitrogens is 1. The maximum absolute atomic E-state index is 6.56. The molecule has 216 valence electrons. The summed E-state index contributed by atoms with van der Waals surface area (Å²) in [6.45, 7) is 8.44. The molecule has 9 heteroatoms. The summed E-state index contributed by atoms with van der Waals surface area (Å²) in [6.07, 6.45) is 4.84. The van der Waals surface area contributed by atoms with E-state index in [1.807, 2.05) is 62.4 Å². The average molecular weight is 623 g/mol. The zero-order valence-corrected chi connectivity index (χ0v) is 25.4. The molecule has 2 bridgehead atoms. The van der Waals surface area contributed by atoms with Crippen molar-refractivity contribution in [1.29, 1.82) is 0 Å². The maximum atomic E-state index is 6.56. The minimum absolute atomic E-state index is 0.111. The Hall–Kier alpha value is -2.56. The van der Waals surface area contributed by atoms with Gasteiger partial charge in [0.1, 0.15) is 5.75 Å². The van der Waals surface area contributed by atoms with Gasteiger partial charge < -0.3 is 14.2 Å². The number of fused-ring (bicyclic) bond motifs is 3. The van der Waals surface area contributed by atoms with Crippen LogP contribution >= 0.6 is 15.9 Å². The normalized spacial score (nSPS) is 36.2. The van der Waals surface area contributed by atoms with E-state index in [-0.39, 0.29) is 11.8 Å². The Morgan fingerprint density at radius 3 is 2.73 bits per heavy atom. The Kier molecular flexibility index (Phi) is 6.86. The lowest BCUT2D eigenvalue weighted by Gasteiger charge is -2.60. The molecule has 5 aliphatic rings. The van der Waals surface area contributed by atoms with Gasteiger partial charge in [-0.25, -0.2) is 9.78 Å². The molecule has 1 aliphatic carbocycles. The number of anilines is 1. The Bertz CT molecular complexity index is 1480. The quantitative estimate of drug-likeness (QED) is 0.181. The first kappa shape index (κ1) is 27.3. The van der Waals surface area contributed by atoms with Crippen molar-refractivity contribution < 1.29 is 24.0 Å². The lowest BCUT2D eigenvalue weighted by molar-refractivity contribution is -0.575. The fourth-order valence-corrected chi connectivity index (χ4v) is 7.84. The van der Waals surface area contributed by atoms with Gasteiger partial charge in [-0.15, -0.1) is 0 Å². The molecule has 41 heavy (non-hydrogen) atoms. The summed E-state index contributed by atoms with van der Waals surface area (Å²) in [5, 5.41) is 5.49. The first-order valence-electron chi connectivity index (χ1n) is 14.6. The highest BCUT2D eigenvalue weighted by atomic mass is 79.9. The van der Waals surface area contributed by atoms with Crippen LogP contribution in [0.5, 0.6) is 5.75 Å². The monoisotopic (exact) mass is 621 g/mol. The molecule has 1 saturated carbocycles. The van der Waals surface area contributed by atoms with Crippen LogP contribution in [-0.2, 0) is 19.2 Å². The smallest absolute Gasteiger partial charge is 0.205 e. The SMILES string of the molecule is Cc1cc(N/N=C/c2ccc(O[C@H]3O[C@@H]4O[C@@]5(C)CC[C@H]6[C@H](C)CC[C@@H]([C@H]3C)[C@@]46OO5)cc2)c2cccc(Br)c2n1. The third-order valence-corrected chi connectivity index (χ3v) is 10.2. The van der Waals surface area contributed by atoms with Crippen LogP contribution in [0, 0.1) is 30.6 Å². The van der Waals surface area contributed by atoms with E-state index in [0.717, 1.165) is 63.8 Å². The van der Waals surface area contributed by atoms with Crippen molar-refractivity contribution in [3.8, 4) is 5.75 Å². The van der Waals surface area contributed by atoms with Crippen molar-refractivity contribution in [3.63, 3.8) is 0 Å². The predicted molar refractivity (Wildman–Crippen MR) is 159 cm³/mol. The number of nitrogens with zero attached hydrogens (tertiary/aromatic N) is 2. The number of hydrogen-bond acceptors (Lipinski definition) is 8. The van der Waals surface area contributed by atoms with Gasteiger partial charge in [-0.2, -0.15) is 5.10 Å². The topological polar surface area (TPSA) is 83.4 Å². The van der Waals surface area contributed by atoms with Crippen molar-refractivity contribution in [1.82, 2.24) is 4.98 Å². The number of benzene rings is 2. The van der Waals surface area contributed by atoms with Crippen LogP contribution in [0.25, 0.3) is 10.9 Å². The highest BCUT2D eigenvalue weighted by Gasteiger charge is 2.69. The standard InChI is InChI=1S/C32H36BrN3O5/c1-18-8-13-25-20(3)29(38-30-32(25)24(18)14-15-31(4,39-30)40-41-32)37-22-11-9-21(10-12-22)17-34-36-27-16-19(2)35-28-23(27)6-5-7-26(28)33/h5-7,9-12,16-18,20,24-25,29-30H,8,13-15H2,1-4H3,(H,35,36)/b34-17+/t18-,20-,24+,25+,29+,30-,31-,32-/m1/s1. The average Bonchev–Trinajstić information content (AvgIpc) is 3.19. The lowest BCUT2D eigenvalue weighted by atomic mass is 9.58. The number of hydrogen-bond donors (Lipinski definition) is 1. The Morgan fingerprint density at radius 1 is 1.07 bits per heavy atom. The van der Waals surface area contributed by atoms with Gasteiger partial charge in [-0.3, -0.25) is 10.4 Å². The number of para-hydroxylation sites is 1. The fourth-order valence-electron chi connectivity index (χ4n) is 7.38. The number of halogens is 1. The highest BCUT2D eigenvalue weighted by Crippen LogP contribution is 2.60. The van der Waals surface area contributed by atoms with Crippen LogP contribution < -0.4 is 10.2 Å². The highest BCUT2D eigenvalue weighted by molar-refractivity contribution is 9.10. The molecular weight excluding hydrogens is 586 g/mol. The molecule has 2 aromatic carbocycles. The molecule has 8 nitrogen and oxygen atoms in total. The third kappa shape index (κ3) is 4.66. The Morgan fingerprint density at radius 2 is 1.90 bits per heavy atom. The molecule has 8 rings (SSSR count). The van der Waals surface area contributed by atoms with E-state index < -0.39 is 24.0 Å². The minimum Gasteiger partial charge on any atom is -0.465 e. The molecule has 3 aromatic rings. The van der Waals surface area contributed by atoms with Gasteiger partial charge in [-0.1, -0.05) is 26.0 Å². The van der Waals surface area contributed by atoms with Gasteiger partial charge in [-0.05, 0) is 103 Å². The molecule has 4 saturated heterocycles. The molecule has 1 spiro atoms. The van der Waals surface area contributed by atoms with Crippen LogP contribution in [-0.4, -0.2) is 35.2 Å². The fraction of sp³-hybridized carbons (Fsp3) is 0.500. The molecule has 0 radical (unpaired) electrons. The summed E-state index contributed by atoms with van der Waals surface area (Å²) in [5.41, 5.74) is 6.27. The second-order valence-corrected chi connectivity index (χ2v) is 13.1. The van der Waals surface area contributed by atoms with E-state index in [2.05, 4.69) is 45.3 Å². The molecule has 4 aliphatic heterocycles. The van der Waals surface area contributed by atoms with Crippen molar-refractivity contribution >= 4 is 38.7 Å². The maximum Gasteiger partial charge on any atom is 0.205 e. The molecule has 8 atom stereocenters. The molecule has 0 amide bonds. The van der Waals surface area contributed by atoms with Gasteiger partial charge in [0, 0.05) is 33.8 Å². The summed E-state index contributed by atoms with van der Waals surface area (Å²) in [6, 6.07) is 15.9. The van der Waals surface area contributed by atoms with Gasteiger partial charge >= 0.3 is 0 Å². The Labute approximate surface area is 248 Å². The number of hydrazone groups is 1. The summed E-state index contributed by atoms with van der Waals surface area (Å²) in [5.74, 6) is 1.14. The lowest BCUT2D eigenvalue weighted by Crippen LogP contribution is -2.70. The molecular formula is C32H36BrN3O5. The molecule has 5 fully saturated rings. The first-order valence-corrected chi connectivity index (χ1v) is 15.4. The van der Waals surface area contributed by atoms with Crippen molar-refractivity contribution in [2.24, 2.45) is 28.8 Å². The number of aryl methyl sites for hydroxylation is 1. The number of rotatable bonds is 5. The second-order valence-electron chi connectivity index (χ2n) is 12.3. The molecule has 0 unspecified atom stereocenters. The van der Waals surface area contributed by atoms with Crippen LogP contribution in [0.4, 0.5) is 5.69 Å². The van der Waals surface area contributed by atoms with Gasteiger partial charge in [0.05, 0.1) is 17.4 Å². The zero-order chi connectivity index (χ0) is 28.4. The summed E-state index contributed by atoms with van der Waals surface area (Å²) in [4.78, 5) is 16.8. The van der Waals surface area contributed by atoms with Crippen LogP contribution in [0.2, 0.25) is 0 Å². The largest absolute Gasteiger partial charge is 0.465 e. The Balaban J connectivity index is 1.06. The van der Waals surface area contributed by atoms with Crippen LogP contribution in [0.15, 0.2) is 58.1 Å². The van der Waals surface area contributed by atoms with Crippen molar-refractivity contribution in [2.75, 3.05) is 5.43 Å². The first-order chi connectivity index (χ1) is 19.8. The number of pyridine rings is 1. The van der Waals surface area contributed by atoms with Crippen LogP contribution in [0.1, 0.15) is 57.7 Å². The van der Waals surface area contributed by atoms with Crippen LogP contribution in [0.3, 0.4) is 0 Å². The molecule has 1 N–H and O–H groups in total. The van der Waals surface area contributed by atoms with E-state index in [9.17, 15) is 0 Å². The second kappa shape index (κ2) is 10.3. The summed E-state index contributed by atoms with van der Waals surface area (Å²) < 4.78 is 20.4. The third-order valence-electron chi connectivity index (χ3n) is 9.55. The van der Waals surface area contributed by atoms with E-state index in [4.69, 9.17) is 24.0 Å².